The van der Waals surface area contributed by atoms with E-state index in [4.69, 9.17) is 21.9 Å². The lowest BCUT2D eigenvalue weighted by molar-refractivity contribution is -0.274. The van der Waals surface area contributed by atoms with Gasteiger partial charge in [0.05, 0.1) is 6.42 Å². The Bertz CT molecular complexity index is 1070. The van der Waals surface area contributed by atoms with Crippen LogP contribution in [0, 0.1) is 0 Å². The molecule has 31 heavy (non-hydrogen) atoms. The molecule has 162 valence electrons. The highest BCUT2D eigenvalue weighted by Gasteiger charge is 2.31. The van der Waals surface area contributed by atoms with Crippen molar-refractivity contribution in [3.63, 3.8) is 0 Å². The lowest BCUT2D eigenvalue weighted by atomic mass is 10.1. The van der Waals surface area contributed by atoms with Crippen molar-refractivity contribution < 1.29 is 32.0 Å². The Morgan fingerprint density at radius 2 is 1.77 bits per heavy atom. The summed E-state index contributed by atoms with van der Waals surface area (Å²) in [6.07, 6.45) is -5.13. The van der Waals surface area contributed by atoms with Crippen LogP contribution in [0.3, 0.4) is 0 Å². The Kier molecular flexibility index (Phi) is 6.44. The van der Waals surface area contributed by atoms with Gasteiger partial charge in [0.15, 0.2) is 0 Å². The number of ether oxygens (including phenoxy) is 1. The molecule has 0 saturated carbocycles. The molecule has 2 aromatic carbocycles. The average molecular weight is 455 g/mol. The van der Waals surface area contributed by atoms with E-state index in [2.05, 4.69) is 20.2 Å². The minimum absolute atomic E-state index is 0.0313. The van der Waals surface area contributed by atoms with E-state index in [0.29, 0.717) is 10.6 Å². The first-order chi connectivity index (χ1) is 14.6. The van der Waals surface area contributed by atoms with Gasteiger partial charge >= 0.3 is 6.36 Å². The van der Waals surface area contributed by atoms with E-state index >= 15 is 0 Å². The number of hydrogen-bond donors (Lipinski definition) is 2. The van der Waals surface area contributed by atoms with Crippen molar-refractivity contribution in [1.82, 2.24) is 15.5 Å². The zero-order chi connectivity index (χ0) is 22.6. The highest BCUT2D eigenvalue weighted by molar-refractivity contribution is 6.30. The molecule has 3 aromatic rings. The second-order valence-electron chi connectivity index (χ2n) is 6.23. The maximum absolute atomic E-state index is 12.4. The molecule has 0 aliphatic carbocycles. The van der Waals surface area contributed by atoms with Gasteiger partial charge in [-0.1, -0.05) is 16.8 Å². The van der Waals surface area contributed by atoms with Gasteiger partial charge in [-0.2, -0.15) is 4.98 Å². The topological polar surface area (TPSA) is 120 Å². The third kappa shape index (κ3) is 6.19. The maximum Gasteiger partial charge on any atom is 0.573 e. The van der Waals surface area contributed by atoms with Gasteiger partial charge in [0, 0.05) is 16.1 Å². The second-order valence-corrected chi connectivity index (χ2v) is 6.67. The Hall–Kier alpha value is -3.60. The van der Waals surface area contributed by atoms with E-state index in [9.17, 15) is 22.8 Å². The number of carbonyl (C=O) groups is 2. The van der Waals surface area contributed by atoms with Gasteiger partial charge in [-0.25, -0.2) is 0 Å². The van der Waals surface area contributed by atoms with E-state index in [0.717, 1.165) is 12.1 Å². The van der Waals surface area contributed by atoms with Gasteiger partial charge < -0.3 is 20.3 Å². The predicted octanol–water partition coefficient (Wildman–Crippen LogP) is 3.64. The zero-order valence-corrected chi connectivity index (χ0v) is 16.3. The SMILES string of the molecule is NC(=O)CC(NC(=O)c1ccc(Cl)cc1)c1nc(-c2ccc(OC(F)(F)F)cc2)no1. The molecule has 0 bridgehead atoms. The third-order valence-electron chi connectivity index (χ3n) is 3.90. The van der Waals surface area contributed by atoms with E-state index in [-0.39, 0.29) is 23.7 Å². The Labute approximate surface area is 178 Å². The summed E-state index contributed by atoms with van der Waals surface area (Å²) >= 11 is 5.80. The fraction of sp³-hybridized carbons (Fsp3) is 0.158. The highest BCUT2D eigenvalue weighted by atomic mass is 35.5. The molecule has 0 aliphatic rings. The first-order valence-electron chi connectivity index (χ1n) is 8.65. The van der Waals surface area contributed by atoms with Crippen LogP contribution in [-0.4, -0.2) is 28.3 Å². The van der Waals surface area contributed by atoms with Crippen molar-refractivity contribution in [3.8, 4) is 17.1 Å². The molecule has 2 amide bonds. The lowest BCUT2D eigenvalue weighted by Crippen LogP contribution is -2.32. The molecule has 0 aliphatic heterocycles. The largest absolute Gasteiger partial charge is 0.573 e. The van der Waals surface area contributed by atoms with Crippen LogP contribution >= 0.6 is 11.6 Å². The fourth-order valence-corrected chi connectivity index (χ4v) is 2.67. The van der Waals surface area contributed by atoms with Gasteiger partial charge in [-0.3, -0.25) is 9.59 Å². The molecule has 8 nitrogen and oxygen atoms in total. The standard InChI is InChI=1S/C19H14ClF3N4O4/c20-12-5-1-11(2-6-12)17(29)25-14(9-15(24)28)18-26-16(27-31-18)10-3-7-13(8-4-10)30-19(21,22)23/h1-8,14H,9H2,(H2,24,28)(H,25,29). The monoisotopic (exact) mass is 454 g/mol. The first kappa shape index (κ1) is 22.1. The molecule has 1 aromatic heterocycles. The molecule has 1 heterocycles. The van der Waals surface area contributed by atoms with Crippen molar-refractivity contribution in [2.24, 2.45) is 5.73 Å². The Morgan fingerprint density at radius 1 is 1.13 bits per heavy atom. The summed E-state index contributed by atoms with van der Waals surface area (Å²) in [7, 11) is 0. The molecular formula is C19H14ClF3N4O4. The molecular weight excluding hydrogens is 441 g/mol. The number of benzene rings is 2. The van der Waals surface area contributed by atoms with E-state index in [1.165, 1.54) is 36.4 Å². The summed E-state index contributed by atoms with van der Waals surface area (Å²) in [5.74, 6) is -1.75. The summed E-state index contributed by atoms with van der Waals surface area (Å²) in [6.45, 7) is 0. The number of hydrogen-bond acceptors (Lipinski definition) is 6. The minimum atomic E-state index is -4.81. The number of nitrogens with zero attached hydrogens (tertiary/aromatic N) is 2. The number of amides is 2. The average Bonchev–Trinajstić information content (AvgIpc) is 3.17. The molecule has 0 radical (unpaired) electrons. The van der Waals surface area contributed by atoms with Crippen molar-refractivity contribution >= 4 is 23.4 Å². The molecule has 1 unspecified atom stereocenters. The van der Waals surface area contributed by atoms with E-state index in [1.807, 2.05) is 0 Å². The van der Waals surface area contributed by atoms with Gasteiger partial charge in [0.25, 0.3) is 5.91 Å². The molecule has 0 spiro atoms. The second kappa shape index (κ2) is 9.04. The number of nitrogens with one attached hydrogen (secondary N) is 1. The van der Waals surface area contributed by atoms with Crippen LogP contribution < -0.4 is 15.8 Å². The van der Waals surface area contributed by atoms with Crippen molar-refractivity contribution in [3.05, 3.63) is 65.0 Å². The molecule has 1 atom stereocenters. The van der Waals surface area contributed by atoms with Crippen LogP contribution in [-0.2, 0) is 4.79 Å². The van der Waals surface area contributed by atoms with Crippen LogP contribution in [0.2, 0.25) is 5.02 Å². The molecule has 3 rings (SSSR count). The van der Waals surface area contributed by atoms with Gasteiger partial charge in [-0.05, 0) is 48.5 Å². The van der Waals surface area contributed by atoms with Gasteiger partial charge in [0.2, 0.25) is 17.6 Å². The summed E-state index contributed by atoms with van der Waals surface area (Å²) in [6, 6.07) is 9.77. The first-order valence-corrected chi connectivity index (χ1v) is 9.03. The predicted molar refractivity (Wildman–Crippen MR) is 102 cm³/mol. The number of rotatable bonds is 7. The minimum Gasteiger partial charge on any atom is -0.406 e. The normalized spacial score (nSPS) is 12.3. The lowest BCUT2D eigenvalue weighted by Gasteiger charge is -2.13. The zero-order valence-electron chi connectivity index (χ0n) is 15.5. The number of nitrogens with two attached hydrogens (primary N) is 1. The highest BCUT2D eigenvalue weighted by Crippen LogP contribution is 2.26. The molecule has 12 heteroatoms. The van der Waals surface area contributed by atoms with Crippen molar-refractivity contribution in [2.75, 3.05) is 0 Å². The van der Waals surface area contributed by atoms with Gasteiger partial charge in [0.1, 0.15) is 11.8 Å². The molecule has 0 fully saturated rings. The number of halogens is 4. The number of aromatic nitrogens is 2. The fourth-order valence-electron chi connectivity index (χ4n) is 2.54. The van der Waals surface area contributed by atoms with Crippen molar-refractivity contribution in [2.45, 2.75) is 18.8 Å². The third-order valence-corrected chi connectivity index (χ3v) is 4.15. The smallest absolute Gasteiger partial charge is 0.406 e. The Balaban J connectivity index is 1.78. The number of carbonyl (C=O) groups excluding carboxylic acids is 2. The van der Waals surface area contributed by atoms with Crippen LogP contribution in [0.5, 0.6) is 5.75 Å². The van der Waals surface area contributed by atoms with Crippen molar-refractivity contribution in [1.29, 1.82) is 0 Å². The molecule has 0 saturated heterocycles. The van der Waals surface area contributed by atoms with E-state index < -0.39 is 30.0 Å². The number of primary amides is 1. The molecule has 3 N–H and O–H groups in total. The number of alkyl halides is 3. The van der Waals surface area contributed by atoms with Gasteiger partial charge in [-0.15, -0.1) is 13.2 Å². The Morgan fingerprint density at radius 3 is 2.35 bits per heavy atom. The maximum atomic E-state index is 12.4. The van der Waals surface area contributed by atoms with E-state index in [1.54, 1.807) is 0 Å². The summed E-state index contributed by atoms with van der Waals surface area (Å²) < 4.78 is 45.7. The summed E-state index contributed by atoms with van der Waals surface area (Å²) in [4.78, 5) is 28.0. The summed E-state index contributed by atoms with van der Waals surface area (Å²) in [5, 5.41) is 6.76. The van der Waals surface area contributed by atoms with Crippen LogP contribution in [0.1, 0.15) is 28.7 Å². The van der Waals surface area contributed by atoms with Crippen LogP contribution in [0.4, 0.5) is 13.2 Å². The van der Waals surface area contributed by atoms with Crippen LogP contribution in [0.25, 0.3) is 11.4 Å². The van der Waals surface area contributed by atoms with Crippen LogP contribution in [0.15, 0.2) is 53.1 Å². The quantitative estimate of drug-likeness (QED) is 0.562. The summed E-state index contributed by atoms with van der Waals surface area (Å²) in [5.41, 5.74) is 5.85.